The number of rotatable bonds is 6. The number of carbonyl (C=O) groups excluding carboxylic acids is 2. The van der Waals surface area contributed by atoms with Gasteiger partial charge in [-0.25, -0.2) is 13.2 Å². The van der Waals surface area contributed by atoms with Crippen LogP contribution in [0.3, 0.4) is 0 Å². The molecule has 1 heterocycles. The molecule has 1 N–H and O–H groups in total. The zero-order chi connectivity index (χ0) is 20.0. The highest BCUT2D eigenvalue weighted by Gasteiger charge is 2.26. The van der Waals surface area contributed by atoms with E-state index in [1.54, 1.807) is 4.90 Å². The number of piperidine rings is 1. The zero-order valence-corrected chi connectivity index (χ0v) is 16.3. The quantitative estimate of drug-likeness (QED) is 0.581. The Bertz CT molecular complexity index is 834. The Kier molecular flexibility index (Phi) is 6.99. The molecule has 0 saturated carbocycles. The summed E-state index contributed by atoms with van der Waals surface area (Å²) in [5.74, 6) is 1.99. The van der Waals surface area contributed by atoms with Gasteiger partial charge in [-0.3, -0.25) is 4.79 Å². The summed E-state index contributed by atoms with van der Waals surface area (Å²) in [6.45, 7) is 4.94. The number of esters is 1. The number of sulfonamides is 1. The maximum absolute atomic E-state index is 12.3. The van der Waals surface area contributed by atoms with E-state index in [4.69, 9.17) is 11.2 Å². The zero-order valence-electron chi connectivity index (χ0n) is 15.5. The summed E-state index contributed by atoms with van der Waals surface area (Å²) in [4.78, 5) is 26.1. The van der Waals surface area contributed by atoms with Crippen LogP contribution in [0.5, 0.6) is 0 Å². The molecule has 1 amide bonds. The minimum absolute atomic E-state index is 0.0479. The minimum atomic E-state index is -3.81. The second kappa shape index (κ2) is 9.02. The van der Waals surface area contributed by atoms with Crippen LogP contribution in [0.2, 0.25) is 0 Å². The topological polar surface area (TPSA) is 92.8 Å². The van der Waals surface area contributed by atoms with E-state index in [1.165, 1.54) is 24.3 Å². The molecular formula is C19H24N2O5S. The second-order valence-electron chi connectivity index (χ2n) is 6.88. The van der Waals surface area contributed by atoms with Crippen LogP contribution in [0.1, 0.15) is 30.6 Å². The molecule has 0 spiro atoms. The number of carbonyl (C=O) groups is 2. The normalized spacial score (nSPS) is 20.0. The Balaban J connectivity index is 1.99. The standard InChI is InChI=1S/C19H24N2O5S/c1-4-8-20-27(24,25)17-7-5-6-16(10-17)19(23)26-13-18(22)21-11-14(2)9-15(3)12-21/h1,5-7,10,14-15,20H,8-9,11-13H2,2-3H3/t14-,15-/m1/s1. The van der Waals surface area contributed by atoms with Crippen molar-refractivity contribution in [3.05, 3.63) is 29.8 Å². The van der Waals surface area contributed by atoms with Crippen molar-refractivity contribution in [1.29, 1.82) is 0 Å². The fourth-order valence-electron chi connectivity index (χ4n) is 3.18. The molecule has 146 valence electrons. The van der Waals surface area contributed by atoms with E-state index in [-0.39, 0.29) is 29.5 Å². The van der Waals surface area contributed by atoms with Gasteiger partial charge in [-0.15, -0.1) is 6.42 Å². The van der Waals surface area contributed by atoms with E-state index in [2.05, 4.69) is 24.5 Å². The lowest BCUT2D eigenvalue weighted by Crippen LogP contribution is -2.44. The molecule has 27 heavy (non-hydrogen) atoms. The van der Waals surface area contributed by atoms with E-state index < -0.39 is 16.0 Å². The molecule has 1 aromatic rings. The van der Waals surface area contributed by atoms with Crippen molar-refractivity contribution in [2.24, 2.45) is 11.8 Å². The number of nitrogens with zero attached hydrogens (tertiary/aromatic N) is 1. The van der Waals surface area contributed by atoms with Crippen molar-refractivity contribution in [2.45, 2.75) is 25.2 Å². The van der Waals surface area contributed by atoms with Crippen molar-refractivity contribution >= 4 is 21.9 Å². The van der Waals surface area contributed by atoms with Gasteiger partial charge in [0.05, 0.1) is 17.0 Å². The first kappa shape index (κ1) is 20.9. The highest BCUT2D eigenvalue weighted by molar-refractivity contribution is 7.89. The minimum Gasteiger partial charge on any atom is -0.452 e. The highest BCUT2D eigenvalue weighted by Crippen LogP contribution is 2.21. The Hall–Kier alpha value is -2.37. The van der Waals surface area contributed by atoms with Gasteiger partial charge in [0, 0.05) is 13.1 Å². The van der Waals surface area contributed by atoms with Gasteiger partial charge in [-0.05, 0) is 36.5 Å². The molecule has 1 aliphatic rings. The molecular weight excluding hydrogens is 368 g/mol. The molecule has 8 heteroatoms. The number of hydrogen-bond donors (Lipinski definition) is 1. The number of terminal acetylenes is 1. The van der Waals surface area contributed by atoms with Crippen LogP contribution in [0.4, 0.5) is 0 Å². The average Bonchev–Trinajstić information content (AvgIpc) is 2.63. The third-order valence-electron chi connectivity index (χ3n) is 4.29. The largest absolute Gasteiger partial charge is 0.452 e. The molecule has 0 aromatic heterocycles. The van der Waals surface area contributed by atoms with Crippen LogP contribution >= 0.6 is 0 Å². The van der Waals surface area contributed by atoms with Crippen molar-refractivity contribution in [3.63, 3.8) is 0 Å². The average molecular weight is 392 g/mol. The first-order valence-electron chi connectivity index (χ1n) is 8.71. The number of amides is 1. The molecule has 2 atom stereocenters. The van der Waals surface area contributed by atoms with Gasteiger partial charge >= 0.3 is 5.97 Å². The smallest absolute Gasteiger partial charge is 0.338 e. The lowest BCUT2D eigenvalue weighted by Gasteiger charge is -2.34. The number of likely N-dealkylation sites (tertiary alicyclic amines) is 1. The first-order valence-corrected chi connectivity index (χ1v) is 10.2. The van der Waals surface area contributed by atoms with E-state index in [1.807, 2.05) is 0 Å². The molecule has 0 unspecified atom stereocenters. The molecule has 1 aliphatic heterocycles. The SMILES string of the molecule is C#CCNS(=O)(=O)c1cccc(C(=O)OCC(=O)N2C[C@H](C)C[C@@H](C)C2)c1. The van der Waals surface area contributed by atoms with Crippen LogP contribution in [0, 0.1) is 24.2 Å². The van der Waals surface area contributed by atoms with Crippen molar-refractivity contribution in [2.75, 3.05) is 26.2 Å². The molecule has 0 bridgehead atoms. The molecule has 1 saturated heterocycles. The van der Waals surface area contributed by atoms with Crippen LogP contribution in [-0.2, 0) is 19.6 Å². The molecule has 7 nitrogen and oxygen atoms in total. The lowest BCUT2D eigenvalue weighted by molar-refractivity contribution is -0.137. The van der Waals surface area contributed by atoms with Crippen molar-refractivity contribution in [3.8, 4) is 12.3 Å². The van der Waals surface area contributed by atoms with Crippen LogP contribution < -0.4 is 4.72 Å². The highest BCUT2D eigenvalue weighted by atomic mass is 32.2. The Morgan fingerprint density at radius 3 is 2.59 bits per heavy atom. The van der Waals surface area contributed by atoms with Gasteiger partial charge in [0.15, 0.2) is 6.61 Å². The second-order valence-corrected chi connectivity index (χ2v) is 8.64. The van der Waals surface area contributed by atoms with Gasteiger partial charge in [0.2, 0.25) is 10.0 Å². The molecule has 0 aliphatic carbocycles. The predicted molar refractivity (Wildman–Crippen MR) is 100 cm³/mol. The lowest BCUT2D eigenvalue weighted by atomic mass is 9.92. The van der Waals surface area contributed by atoms with E-state index >= 15 is 0 Å². The predicted octanol–water partition coefficient (Wildman–Crippen LogP) is 1.26. The van der Waals surface area contributed by atoms with Crippen molar-refractivity contribution in [1.82, 2.24) is 9.62 Å². The Morgan fingerprint density at radius 1 is 1.30 bits per heavy atom. The summed E-state index contributed by atoms with van der Waals surface area (Å²) in [5.41, 5.74) is 0.0479. The fourth-order valence-corrected chi connectivity index (χ4v) is 4.16. The number of ether oxygens (including phenoxy) is 1. The number of hydrogen-bond acceptors (Lipinski definition) is 5. The summed E-state index contributed by atoms with van der Waals surface area (Å²) in [6, 6.07) is 5.39. The van der Waals surface area contributed by atoms with E-state index in [0.717, 1.165) is 6.42 Å². The third kappa shape index (κ3) is 5.81. The summed E-state index contributed by atoms with van der Waals surface area (Å²) >= 11 is 0. The van der Waals surface area contributed by atoms with Crippen LogP contribution in [0.25, 0.3) is 0 Å². The molecule has 1 aromatic carbocycles. The van der Waals surface area contributed by atoms with Gasteiger partial charge in [0.25, 0.3) is 5.91 Å². The van der Waals surface area contributed by atoms with E-state index in [9.17, 15) is 18.0 Å². The first-order chi connectivity index (χ1) is 12.7. The van der Waals surface area contributed by atoms with Gasteiger partial charge in [0.1, 0.15) is 0 Å². The third-order valence-corrected chi connectivity index (χ3v) is 5.69. The fraction of sp³-hybridized carbons (Fsp3) is 0.474. The molecule has 0 radical (unpaired) electrons. The Labute approximate surface area is 160 Å². The number of nitrogens with one attached hydrogen (secondary N) is 1. The number of benzene rings is 1. The summed E-state index contributed by atoms with van der Waals surface area (Å²) in [7, 11) is -3.81. The summed E-state index contributed by atoms with van der Waals surface area (Å²) in [5, 5.41) is 0. The van der Waals surface area contributed by atoms with E-state index in [0.29, 0.717) is 24.9 Å². The van der Waals surface area contributed by atoms with Gasteiger partial charge < -0.3 is 9.64 Å². The van der Waals surface area contributed by atoms with Gasteiger partial charge in [-0.1, -0.05) is 25.8 Å². The monoisotopic (exact) mass is 392 g/mol. The maximum atomic E-state index is 12.3. The summed E-state index contributed by atoms with van der Waals surface area (Å²) in [6.07, 6.45) is 6.12. The van der Waals surface area contributed by atoms with Crippen LogP contribution in [-0.4, -0.2) is 51.4 Å². The summed E-state index contributed by atoms with van der Waals surface area (Å²) < 4.78 is 31.5. The molecule has 2 rings (SSSR count). The molecule has 1 fully saturated rings. The van der Waals surface area contributed by atoms with Crippen LogP contribution in [0.15, 0.2) is 29.2 Å². The Morgan fingerprint density at radius 2 is 1.96 bits per heavy atom. The maximum Gasteiger partial charge on any atom is 0.338 e. The van der Waals surface area contributed by atoms with Gasteiger partial charge in [-0.2, -0.15) is 4.72 Å². The van der Waals surface area contributed by atoms with Crippen molar-refractivity contribution < 1.29 is 22.7 Å².